The molecule has 1 N–H and O–H groups in total. The van der Waals surface area contributed by atoms with Crippen molar-refractivity contribution in [3.8, 4) is 0 Å². The SMILES string of the molecule is CC(Cc1ccc2c(c1)CCN2)N1CCN(C)CC1. The van der Waals surface area contributed by atoms with Crippen LogP contribution >= 0.6 is 0 Å². The maximum Gasteiger partial charge on any atom is 0.0373 e. The summed E-state index contributed by atoms with van der Waals surface area (Å²) < 4.78 is 0. The molecule has 1 saturated heterocycles. The molecular weight excluding hydrogens is 234 g/mol. The zero-order valence-corrected chi connectivity index (χ0v) is 12.2. The van der Waals surface area contributed by atoms with Crippen LogP contribution in [0.3, 0.4) is 0 Å². The van der Waals surface area contributed by atoms with Gasteiger partial charge in [0.1, 0.15) is 0 Å². The maximum absolute atomic E-state index is 3.43. The minimum atomic E-state index is 0.654. The molecule has 1 atom stereocenters. The van der Waals surface area contributed by atoms with E-state index in [2.05, 4.69) is 47.3 Å². The molecule has 0 saturated carbocycles. The van der Waals surface area contributed by atoms with Crippen LogP contribution in [0.1, 0.15) is 18.1 Å². The van der Waals surface area contributed by atoms with Gasteiger partial charge in [-0.1, -0.05) is 12.1 Å². The van der Waals surface area contributed by atoms with Gasteiger partial charge in [-0.3, -0.25) is 4.90 Å². The highest BCUT2D eigenvalue weighted by atomic mass is 15.3. The third-order valence-electron chi connectivity index (χ3n) is 4.57. The van der Waals surface area contributed by atoms with E-state index < -0.39 is 0 Å². The average Bonchev–Trinajstić information content (AvgIpc) is 2.87. The van der Waals surface area contributed by atoms with Crippen molar-refractivity contribution >= 4 is 5.69 Å². The second-order valence-electron chi connectivity index (χ2n) is 6.06. The molecule has 104 valence electrons. The van der Waals surface area contributed by atoms with Crippen molar-refractivity contribution in [2.75, 3.05) is 45.1 Å². The Balaban J connectivity index is 1.61. The molecule has 0 aromatic heterocycles. The Bertz CT molecular complexity index is 436. The van der Waals surface area contributed by atoms with E-state index in [0.29, 0.717) is 6.04 Å². The van der Waals surface area contributed by atoms with Crippen molar-refractivity contribution in [1.29, 1.82) is 0 Å². The van der Waals surface area contributed by atoms with Gasteiger partial charge in [0.2, 0.25) is 0 Å². The summed E-state index contributed by atoms with van der Waals surface area (Å²) in [6.45, 7) is 8.31. The summed E-state index contributed by atoms with van der Waals surface area (Å²) in [5, 5.41) is 3.43. The van der Waals surface area contributed by atoms with E-state index in [4.69, 9.17) is 0 Å². The van der Waals surface area contributed by atoms with E-state index in [-0.39, 0.29) is 0 Å². The molecule has 2 aliphatic heterocycles. The Hall–Kier alpha value is -1.06. The lowest BCUT2D eigenvalue weighted by Crippen LogP contribution is -2.48. The first-order valence-corrected chi connectivity index (χ1v) is 7.50. The summed E-state index contributed by atoms with van der Waals surface area (Å²) in [7, 11) is 2.22. The number of likely N-dealkylation sites (N-methyl/N-ethyl adjacent to an activating group) is 1. The van der Waals surface area contributed by atoms with Crippen molar-refractivity contribution in [2.24, 2.45) is 0 Å². The fourth-order valence-electron chi connectivity index (χ4n) is 3.22. The predicted octanol–water partition coefficient (Wildman–Crippen LogP) is 1.83. The number of rotatable bonds is 3. The lowest BCUT2D eigenvalue weighted by atomic mass is 10.0. The molecular formula is C16H25N3. The van der Waals surface area contributed by atoms with Crippen LogP contribution < -0.4 is 5.32 Å². The lowest BCUT2D eigenvalue weighted by molar-refractivity contribution is 0.118. The molecule has 2 aliphatic rings. The molecule has 0 bridgehead atoms. The molecule has 0 amide bonds. The maximum atomic E-state index is 3.43. The van der Waals surface area contributed by atoms with Crippen molar-refractivity contribution in [3.05, 3.63) is 29.3 Å². The molecule has 0 aliphatic carbocycles. The second-order valence-corrected chi connectivity index (χ2v) is 6.06. The highest BCUT2D eigenvalue weighted by Crippen LogP contribution is 2.24. The zero-order valence-electron chi connectivity index (χ0n) is 12.2. The minimum absolute atomic E-state index is 0.654. The van der Waals surface area contributed by atoms with E-state index in [1.165, 1.54) is 55.8 Å². The third-order valence-corrected chi connectivity index (χ3v) is 4.57. The quantitative estimate of drug-likeness (QED) is 0.893. The molecule has 19 heavy (non-hydrogen) atoms. The van der Waals surface area contributed by atoms with Gasteiger partial charge in [0.05, 0.1) is 0 Å². The number of piperazine rings is 1. The Morgan fingerprint density at radius 3 is 2.79 bits per heavy atom. The first-order chi connectivity index (χ1) is 9.22. The monoisotopic (exact) mass is 259 g/mol. The molecule has 3 heteroatoms. The minimum Gasteiger partial charge on any atom is -0.384 e. The van der Waals surface area contributed by atoms with Crippen molar-refractivity contribution in [1.82, 2.24) is 9.80 Å². The van der Waals surface area contributed by atoms with Gasteiger partial charge in [-0.05, 0) is 44.0 Å². The van der Waals surface area contributed by atoms with Crippen LogP contribution in [0.2, 0.25) is 0 Å². The van der Waals surface area contributed by atoms with Gasteiger partial charge < -0.3 is 10.2 Å². The summed E-state index contributed by atoms with van der Waals surface area (Å²) >= 11 is 0. The largest absolute Gasteiger partial charge is 0.384 e. The van der Waals surface area contributed by atoms with Gasteiger partial charge in [-0.2, -0.15) is 0 Å². The summed E-state index contributed by atoms with van der Waals surface area (Å²) in [5.41, 5.74) is 4.34. The summed E-state index contributed by atoms with van der Waals surface area (Å²) in [4.78, 5) is 5.05. The summed E-state index contributed by atoms with van der Waals surface area (Å²) in [6, 6.07) is 7.61. The lowest BCUT2D eigenvalue weighted by Gasteiger charge is -2.36. The normalized spacial score (nSPS) is 22.0. The molecule has 1 aromatic carbocycles. The zero-order chi connectivity index (χ0) is 13.2. The molecule has 3 nitrogen and oxygen atoms in total. The molecule has 1 unspecified atom stereocenters. The van der Waals surface area contributed by atoms with E-state index >= 15 is 0 Å². The first kappa shape index (κ1) is 12.9. The molecule has 0 spiro atoms. The van der Waals surface area contributed by atoms with Crippen LogP contribution in [0.4, 0.5) is 5.69 Å². The van der Waals surface area contributed by atoms with Gasteiger partial charge in [0.15, 0.2) is 0 Å². The van der Waals surface area contributed by atoms with Gasteiger partial charge in [-0.25, -0.2) is 0 Å². The Labute approximate surface area is 116 Å². The number of benzene rings is 1. The molecule has 0 radical (unpaired) electrons. The van der Waals surface area contributed by atoms with Crippen LogP contribution in [0, 0.1) is 0 Å². The highest BCUT2D eigenvalue weighted by Gasteiger charge is 2.19. The van der Waals surface area contributed by atoms with Crippen LogP contribution in [-0.2, 0) is 12.8 Å². The highest BCUT2D eigenvalue weighted by molar-refractivity contribution is 5.56. The van der Waals surface area contributed by atoms with Gasteiger partial charge >= 0.3 is 0 Å². The number of nitrogens with zero attached hydrogens (tertiary/aromatic N) is 2. The van der Waals surface area contributed by atoms with Gasteiger partial charge in [0, 0.05) is 44.5 Å². The van der Waals surface area contributed by atoms with E-state index in [0.717, 1.165) is 6.54 Å². The fourth-order valence-corrected chi connectivity index (χ4v) is 3.22. The summed E-state index contributed by atoms with van der Waals surface area (Å²) in [5.74, 6) is 0. The van der Waals surface area contributed by atoms with E-state index in [9.17, 15) is 0 Å². The van der Waals surface area contributed by atoms with Crippen LogP contribution in [0.15, 0.2) is 18.2 Å². The fraction of sp³-hybridized carbons (Fsp3) is 0.625. The number of anilines is 1. The summed E-state index contributed by atoms with van der Waals surface area (Å²) in [6.07, 6.45) is 2.36. The Morgan fingerprint density at radius 2 is 2.00 bits per heavy atom. The van der Waals surface area contributed by atoms with Gasteiger partial charge in [-0.15, -0.1) is 0 Å². The third kappa shape index (κ3) is 2.93. The first-order valence-electron chi connectivity index (χ1n) is 7.50. The number of hydrogen-bond acceptors (Lipinski definition) is 3. The van der Waals surface area contributed by atoms with Crippen LogP contribution in [-0.4, -0.2) is 55.6 Å². The Kier molecular flexibility index (Phi) is 3.76. The number of hydrogen-bond donors (Lipinski definition) is 1. The second kappa shape index (κ2) is 5.51. The smallest absolute Gasteiger partial charge is 0.0373 e. The molecule has 1 fully saturated rings. The van der Waals surface area contributed by atoms with Crippen molar-refractivity contribution in [3.63, 3.8) is 0 Å². The number of nitrogens with one attached hydrogen (secondary N) is 1. The van der Waals surface area contributed by atoms with E-state index in [1.54, 1.807) is 0 Å². The average molecular weight is 259 g/mol. The standard InChI is InChI=1S/C16H25N3/c1-13(19-9-7-18(2)8-10-19)11-14-3-4-16-15(12-14)5-6-17-16/h3-4,12-13,17H,5-11H2,1-2H3. The topological polar surface area (TPSA) is 18.5 Å². The van der Waals surface area contributed by atoms with Crippen LogP contribution in [0.5, 0.6) is 0 Å². The Morgan fingerprint density at radius 1 is 1.21 bits per heavy atom. The van der Waals surface area contributed by atoms with E-state index in [1.807, 2.05) is 0 Å². The van der Waals surface area contributed by atoms with Crippen molar-refractivity contribution in [2.45, 2.75) is 25.8 Å². The molecule has 1 aromatic rings. The molecule has 3 rings (SSSR count). The predicted molar refractivity (Wildman–Crippen MR) is 80.9 cm³/mol. The number of fused-ring (bicyclic) bond motifs is 1. The van der Waals surface area contributed by atoms with Gasteiger partial charge in [0.25, 0.3) is 0 Å². The molecule has 2 heterocycles. The van der Waals surface area contributed by atoms with Crippen LogP contribution in [0.25, 0.3) is 0 Å². The van der Waals surface area contributed by atoms with Crippen molar-refractivity contribution < 1.29 is 0 Å².